The molecule has 0 aliphatic carbocycles. The van der Waals surface area contributed by atoms with Crippen LogP contribution in [0.2, 0.25) is 0 Å². The molecule has 3 N–H and O–H groups in total. The van der Waals surface area contributed by atoms with Gasteiger partial charge in [-0.1, -0.05) is 6.92 Å². The van der Waals surface area contributed by atoms with Crippen LogP contribution in [0.4, 0.5) is 5.69 Å². The summed E-state index contributed by atoms with van der Waals surface area (Å²) in [5, 5.41) is 9.07. The van der Waals surface area contributed by atoms with Crippen molar-refractivity contribution in [1.82, 2.24) is 4.90 Å². The fourth-order valence-corrected chi connectivity index (χ4v) is 1.89. The second kappa shape index (κ2) is 7.64. The minimum absolute atomic E-state index is 0.416. The summed E-state index contributed by atoms with van der Waals surface area (Å²) in [6, 6.07) is 6.91. The first-order valence-electron chi connectivity index (χ1n) is 6.83. The van der Waals surface area contributed by atoms with Crippen molar-refractivity contribution in [2.45, 2.75) is 6.92 Å². The monoisotopic (exact) mass is 293 g/mol. The van der Waals surface area contributed by atoms with E-state index in [-0.39, 0.29) is 0 Å². The van der Waals surface area contributed by atoms with E-state index in [1.54, 1.807) is 31.2 Å². The molecule has 0 bridgehead atoms. The molecule has 0 heterocycles. The number of hydrogen-bond donors (Lipinski definition) is 2. The van der Waals surface area contributed by atoms with Gasteiger partial charge < -0.3 is 20.6 Å². The van der Waals surface area contributed by atoms with Gasteiger partial charge in [0.05, 0.1) is 5.92 Å². The molecule has 0 fully saturated rings. The third-order valence-electron chi connectivity index (χ3n) is 3.25. The van der Waals surface area contributed by atoms with Crippen LogP contribution in [0.3, 0.4) is 0 Å². The molecule has 0 aliphatic rings. The number of amides is 1. The van der Waals surface area contributed by atoms with Gasteiger partial charge in [0.1, 0.15) is 0 Å². The molecule has 1 atom stereocenters. The summed E-state index contributed by atoms with van der Waals surface area (Å²) >= 11 is 0. The van der Waals surface area contributed by atoms with E-state index in [0.717, 1.165) is 12.2 Å². The number of aliphatic carboxylic acids is 1. The topological polar surface area (TPSA) is 86.9 Å². The molecule has 6 heteroatoms. The molecule has 1 aromatic rings. The van der Waals surface area contributed by atoms with Crippen LogP contribution in [0.1, 0.15) is 17.3 Å². The number of likely N-dealkylation sites (N-methyl/N-ethyl adjacent to an activating group) is 1. The Morgan fingerprint density at radius 1 is 1.19 bits per heavy atom. The normalized spacial score (nSPS) is 12.2. The number of benzene rings is 1. The Morgan fingerprint density at radius 2 is 1.76 bits per heavy atom. The van der Waals surface area contributed by atoms with Gasteiger partial charge in [0.25, 0.3) is 0 Å². The van der Waals surface area contributed by atoms with Crippen LogP contribution in [0.25, 0.3) is 0 Å². The van der Waals surface area contributed by atoms with Crippen molar-refractivity contribution >= 4 is 17.6 Å². The minimum atomic E-state index is -0.821. The average Bonchev–Trinajstić information content (AvgIpc) is 2.42. The van der Waals surface area contributed by atoms with Crippen LogP contribution in [-0.2, 0) is 4.79 Å². The second-order valence-electron chi connectivity index (χ2n) is 5.40. The van der Waals surface area contributed by atoms with Gasteiger partial charge in [-0.05, 0) is 38.4 Å². The van der Waals surface area contributed by atoms with Crippen LogP contribution < -0.4 is 10.6 Å². The Hall–Kier alpha value is -2.08. The molecule has 1 amide bonds. The SMILES string of the molecule is CC(CN(CCN(C)C)c1ccc(C(N)=O)cc1)C(=O)O. The number of carbonyl (C=O) groups excluding carboxylic acids is 1. The van der Waals surface area contributed by atoms with Crippen LogP contribution in [0.15, 0.2) is 24.3 Å². The number of carboxylic acid groups (broad SMARTS) is 1. The summed E-state index contributed by atoms with van der Waals surface area (Å²) < 4.78 is 0. The standard InChI is InChI=1S/C15H23N3O3/c1-11(15(20)21)10-18(9-8-17(2)3)13-6-4-12(5-7-13)14(16)19/h4-7,11H,8-10H2,1-3H3,(H2,16,19)(H,20,21). The lowest BCUT2D eigenvalue weighted by Gasteiger charge is -2.28. The van der Waals surface area contributed by atoms with Crippen molar-refractivity contribution in [3.05, 3.63) is 29.8 Å². The Kier molecular flexibility index (Phi) is 6.17. The smallest absolute Gasteiger partial charge is 0.308 e. The van der Waals surface area contributed by atoms with E-state index in [9.17, 15) is 9.59 Å². The summed E-state index contributed by atoms with van der Waals surface area (Å²) in [6.07, 6.45) is 0. The van der Waals surface area contributed by atoms with Crippen LogP contribution >= 0.6 is 0 Å². The Balaban J connectivity index is 2.88. The zero-order chi connectivity index (χ0) is 16.0. The quantitative estimate of drug-likeness (QED) is 0.743. The highest BCUT2D eigenvalue weighted by Gasteiger charge is 2.17. The highest BCUT2D eigenvalue weighted by atomic mass is 16.4. The van der Waals surface area contributed by atoms with Gasteiger partial charge >= 0.3 is 5.97 Å². The number of nitrogens with zero attached hydrogens (tertiary/aromatic N) is 2. The van der Waals surface area contributed by atoms with E-state index in [1.165, 1.54) is 0 Å². The Bertz CT molecular complexity index is 485. The number of anilines is 1. The van der Waals surface area contributed by atoms with Gasteiger partial charge in [-0.15, -0.1) is 0 Å². The third-order valence-corrected chi connectivity index (χ3v) is 3.25. The molecule has 0 radical (unpaired) electrons. The molecule has 0 aliphatic heterocycles. The van der Waals surface area contributed by atoms with E-state index in [0.29, 0.717) is 18.7 Å². The fourth-order valence-electron chi connectivity index (χ4n) is 1.89. The first-order valence-corrected chi connectivity index (χ1v) is 6.83. The molecule has 116 valence electrons. The van der Waals surface area contributed by atoms with Crippen LogP contribution in [-0.4, -0.2) is 55.6 Å². The van der Waals surface area contributed by atoms with Gasteiger partial charge in [0, 0.05) is 30.9 Å². The highest BCUT2D eigenvalue weighted by molar-refractivity contribution is 5.93. The maximum atomic E-state index is 11.1. The van der Waals surface area contributed by atoms with Crippen molar-refractivity contribution in [3.8, 4) is 0 Å². The largest absolute Gasteiger partial charge is 0.481 e. The van der Waals surface area contributed by atoms with Crippen LogP contribution in [0.5, 0.6) is 0 Å². The predicted molar refractivity (Wildman–Crippen MR) is 82.5 cm³/mol. The number of rotatable bonds is 8. The van der Waals surface area contributed by atoms with Crippen molar-refractivity contribution in [2.24, 2.45) is 11.7 Å². The zero-order valence-electron chi connectivity index (χ0n) is 12.7. The van der Waals surface area contributed by atoms with E-state index < -0.39 is 17.8 Å². The average molecular weight is 293 g/mol. The minimum Gasteiger partial charge on any atom is -0.481 e. The maximum absolute atomic E-state index is 11.1. The van der Waals surface area contributed by atoms with Crippen LogP contribution in [0, 0.1) is 5.92 Å². The van der Waals surface area contributed by atoms with Crippen molar-refractivity contribution in [1.29, 1.82) is 0 Å². The number of carboxylic acids is 1. The molecule has 0 aromatic heterocycles. The van der Waals surface area contributed by atoms with E-state index in [1.807, 2.05) is 23.9 Å². The molecule has 1 unspecified atom stereocenters. The molecular weight excluding hydrogens is 270 g/mol. The maximum Gasteiger partial charge on any atom is 0.308 e. The number of nitrogens with two attached hydrogens (primary N) is 1. The van der Waals surface area contributed by atoms with E-state index >= 15 is 0 Å². The lowest BCUT2D eigenvalue weighted by atomic mass is 10.1. The zero-order valence-corrected chi connectivity index (χ0v) is 12.7. The number of hydrogen-bond acceptors (Lipinski definition) is 4. The third kappa shape index (κ3) is 5.43. The highest BCUT2D eigenvalue weighted by Crippen LogP contribution is 2.17. The lowest BCUT2D eigenvalue weighted by molar-refractivity contribution is -0.140. The van der Waals surface area contributed by atoms with Gasteiger partial charge in [-0.25, -0.2) is 0 Å². The van der Waals surface area contributed by atoms with Gasteiger partial charge in [0.2, 0.25) is 5.91 Å². The fraction of sp³-hybridized carbons (Fsp3) is 0.467. The first-order chi connectivity index (χ1) is 9.81. The molecule has 1 aromatic carbocycles. The van der Waals surface area contributed by atoms with Crippen molar-refractivity contribution < 1.29 is 14.7 Å². The summed E-state index contributed by atoms with van der Waals surface area (Å²) in [5.74, 6) is -1.76. The summed E-state index contributed by atoms with van der Waals surface area (Å²) in [5.41, 5.74) is 6.55. The first kappa shape index (κ1) is 17.0. The Labute approximate surface area is 125 Å². The molecular formula is C15H23N3O3. The molecule has 21 heavy (non-hydrogen) atoms. The second-order valence-corrected chi connectivity index (χ2v) is 5.40. The predicted octanol–water partition coefficient (Wildman–Crippen LogP) is 0.874. The molecule has 0 spiro atoms. The van der Waals surface area contributed by atoms with E-state index in [4.69, 9.17) is 10.8 Å². The summed E-state index contributed by atoms with van der Waals surface area (Å²) in [4.78, 5) is 26.2. The van der Waals surface area contributed by atoms with Crippen molar-refractivity contribution in [3.63, 3.8) is 0 Å². The van der Waals surface area contributed by atoms with Gasteiger partial charge in [-0.2, -0.15) is 0 Å². The molecule has 1 rings (SSSR count). The lowest BCUT2D eigenvalue weighted by Crippen LogP contribution is -2.36. The molecule has 0 saturated carbocycles. The number of carbonyl (C=O) groups is 2. The number of primary amides is 1. The van der Waals surface area contributed by atoms with E-state index in [2.05, 4.69) is 0 Å². The molecule has 0 saturated heterocycles. The van der Waals surface area contributed by atoms with Crippen molar-refractivity contribution in [2.75, 3.05) is 38.6 Å². The van der Waals surface area contributed by atoms with Gasteiger partial charge in [0.15, 0.2) is 0 Å². The van der Waals surface area contributed by atoms with Gasteiger partial charge in [-0.3, -0.25) is 9.59 Å². The summed E-state index contributed by atoms with van der Waals surface area (Å²) in [7, 11) is 3.93. The Morgan fingerprint density at radius 3 is 2.19 bits per heavy atom. The summed E-state index contributed by atoms with van der Waals surface area (Å²) in [6.45, 7) is 3.62. The molecule has 6 nitrogen and oxygen atoms in total.